The van der Waals surface area contributed by atoms with Gasteiger partial charge in [0, 0.05) is 32.3 Å². The predicted molar refractivity (Wildman–Crippen MR) is 75.5 cm³/mol. The first-order valence-electron chi connectivity index (χ1n) is 6.69. The van der Waals surface area contributed by atoms with Crippen LogP contribution < -0.4 is 0 Å². The van der Waals surface area contributed by atoms with Gasteiger partial charge in [-0.25, -0.2) is 0 Å². The Morgan fingerprint density at radius 3 is 2.33 bits per heavy atom. The molecular weight excluding hydrogens is 228 g/mol. The molecule has 0 spiro atoms. The predicted octanol–water partition coefficient (Wildman–Crippen LogP) is 1.50. The number of amides is 1. The second-order valence-electron chi connectivity index (χ2n) is 5.01. The summed E-state index contributed by atoms with van der Waals surface area (Å²) in [5.41, 5.74) is 0.997. The zero-order valence-corrected chi connectivity index (χ0v) is 12.3. The van der Waals surface area contributed by atoms with Crippen molar-refractivity contribution in [1.82, 2.24) is 9.80 Å². The third-order valence-corrected chi connectivity index (χ3v) is 2.87. The van der Waals surface area contributed by atoms with E-state index in [0.717, 1.165) is 12.1 Å². The Morgan fingerprint density at radius 1 is 1.33 bits per heavy atom. The summed E-state index contributed by atoms with van der Waals surface area (Å²) in [6.45, 7) is 14.6. The first-order chi connectivity index (χ1) is 8.42. The molecule has 0 aromatic heterocycles. The smallest absolute Gasteiger partial charge is 0.237 e. The summed E-state index contributed by atoms with van der Waals surface area (Å²) in [6, 6.07) is 0.309. The van der Waals surface area contributed by atoms with E-state index in [4.69, 9.17) is 5.11 Å². The van der Waals surface area contributed by atoms with Crippen LogP contribution in [0.3, 0.4) is 0 Å². The Bertz CT molecular complexity index is 265. The van der Waals surface area contributed by atoms with Crippen LogP contribution in [0.4, 0.5) is 0 Å². The van der Waals surface area contributed by atoms with Crippen LogP contribution in [0.15, 0.2) is 12.2 Å². The molecule has 0 rings (SSSR count). The van der Waals surface area contributed by atoms with Gasteiger partial charge in [0.25, 0.3) is 0 Å². The zero-order valence-electron chi connectivity index (χ0n) is 12.3. The SMILES string of the molecule is C=C(C)CN(CC)C(=O)CN(CCCO)C(C)C. The molecule has 4 nitrogen and oxygen atoms in total. The second kappa shape index (κ2) is 9.11. The Morgan fingerprint density at radius 2 is 1.94 bits per heavy atom. The van der Waals surface area contributed by atoms with Gasteiger partial charge in [-0.2, -0.15) is 0 Å². The molecular formula is C14H28N2O2. The molecule has 1 N–H and O–H groups in total. The van der Waals surface area contributed by atoms with Gasteiger partial charge in [-0.1, -0.05) is 12.2 Å². The third kappa shape index (κ3) is 6.77. The molecule has 0 saturated carbocycles. The van der Waals surface area contributed by atoms with Crippen LogP contribution in [0.25, 0.3) is 0 Å². The Labute approximate surface area is 111 Å². The van der Waals surface area contributed by atoms with Crippen LogP contribution >= 0.6 is 0 Å². The van der Waals surface area contributed by atoms with Crippen LogP contribution in [-0.2, 0) is 4.79 Å². The van der Waals surface area contributed by atoms with Crippen molar-refractivity contribution in [2.45, 2.75) is 40.2 Å². The Balaban J connectivity index is 4.41. The molecule has 0 aliphatic rings. The minimum absolute atomic E-state index is 0.132. The first-order valence-corrected chi connectivity index (χ1v) is 6.69. The van der Waals surface area contributed by atoms with Gasteiger partial charge in [0.15, 0.2) is 0 Å². The van der Waals surface area contributed by atoms with Gasteiger partial charge in [-0.05, 0) is 34.1 Å². The van der Waals surface area contributed by atoms with Gasteiger partial charge in [0.2, 0.25) is 5.91 Å². The van der Waals surface area contributed by atoms with Gasteiger partial charge in [-0.3, -0.25) is 9.69 Å². The lowest BCUT2D eigenvalue weighted by Gasteiger charge is -2.29. The van der Waals surface area contributed by atoms with E-state index in [1.807, 2.05) is 18.7 Å². The minimum atomic E-state index is 0.132. The van der Waals surface area contributed by atoms with Crippen LogP contribution in [0.2, 0.25) is 0 Å². The summed E-state index contributed by atoms with van der Waals surface area (Å²) >= 11 is 0. The van der Waals surface area contributed by atoms with Crippen molar-refractivity contribution in [3.63, 3.8) is 0 Å². The number of carbonyl (C=O) groups is 1. The molecule has 0 atom stereocenters. The highest BCUT2D eigenvalue weighted by atomic mass is 16.3. The van der Waals surface area contributed by atoms with Crippen LogP contribution in [0, 0.1) is 0 Å². The summed E-state index contributed by atoms with van der Waals surface area (Å²) in [5, 5.41) is 8.87. The number of aliphatic hydroxyl groups is 1. The molecule has 0 unspecified atom stereocenters. The minimum Gasteiger partial charge on any atom is -0.396 e. The van der Waals surface area contributed by atoms with E-state index < -0.39 is 0 Å². The highest BCUT2D eigenvalue weighted by molar-refractivity contribution is 5.78. The summed E-state index contributed by atoms with van der Waals surface area (Å²) in [6.07, 6.45) is 0.706. The van der Waals surface area contributed by atoms with E-state index in [2.05, 4.69) is 25.3 Å². The molecule has 0 aromatic carbocycles. The fourth-order valence-corrected chi connectivity index (χ4v) is 1.77. The van der Waals surface area contributed by atoms with E-state index >= 15 is 0 Å². The summed E-state index contributed by atoms with van der Waals surface area (Å²) < 4.78 is 0. The number of hydrogen-bond donors (Lipinski definition) is 1. The molecule has 0 bridgehead atoms. The van der Waals surface area contributed by atoms with Gasteiger partial charge >= 0.3 is 0 Å². The lowest BCUT2D eigenvalue weighted by molar-refractivity contribution is -0.132. The van der Waals surface area contributed by atoms with Gasteiger partial charge in [0.05, 0.1) is 6.54 Å². The molecule has 18 heavy (non-hydrogen) atoms. The highest BCUT2D eigenvalue weighted by Crippen LogP contribution is 2.03. The Hall–Kier alpha value is -0.870. The van der Waals surface area contributed by atoms with Crippen LogP contribution in [0.5, 0.6) is 0 Å². The van der Waals surface area contributed by atoms with Gasteiger partial charge in [0.1, 0.15) is 0 Å². The molecule has 4 heteroatoms. The first kappa shape index (κ1) is 17.1. The van der Waals surface area contributed by atoms with Crippen molar-refractivity contribution in [2.75, 3.05) is 32.8 Å². The van der Waals surface area contributed by atoms with Gasteiger partial charge < -0.3 is 10.0 Å². The quantitative estimate of drug-likeness (QED) is 0.636. The lowest BCUT2D eigenvalue weighted by Crippen LogP contribution is -2.44. The summed E-state index contributed by atoms with van der Waals surface area (Å²) in [7, 11) is 0. The number of rotatable bonds is 9. The zero-order chi connectivity index (χ0) is 14.1. The van der Waals surface area contributed by atoms with Crippen LogP contribution in [0.1, 0.15) is 34.1 Å². The van der Waals surface area contributed by atoms with Crippen molar-refractivity contribution in [2.24, 2.45) is 0 Å². The summed E-state index contributed by atoms with van der Waals surface area (Å²) in [5.74, 6) is 0.132. The number of aliphatic hydroxyl groups excluding tert-OH is 1. The number of nitrogens with zero attached hydrogens (tertiary/aromatic N) is 2. The molecule has 0 radical (unpaired) electrons. The lowest BCUT2D eigenvalue weighted by atomic mass is 10.2. The fraction of sp³-hybridized carbons (Fsp3) is 0.786. The number of carbonyl (C=O) groups excluding carboxylic acids is 1. The Kier molecular flexibility index (Phi) is 8.67. The molecule has 106 valence electrons. The molecule has 0 heterocycles. The maximum Gasteiger partial charge on any atom is 0.237 e. The largest absolute Gasteiger partial charge is 0.396 e. The van der Waals surface area contributed by atoms with Crippen molar-refractivity contribution < 1.29 is 9.90 Å². The topological polar surface area (TPSA) is 43.8 Å². The average molecular weight is 256 g/mol. The monoisotopic (exact) mass is 256 g/mol. The maximum atomic E-state index is 12.2. The fourth-order valence-electron chi connectivity index (χ4n) is 1.77. The van der Waals surface area contributed by atoms with E-state index in [0.29, 0.717) is 32.1 Å². The summed E-state index contributed by atoms with van der Waals surface area (Å²) in [4.78, 5) is 16.1. The maximum absolute atomic E-state index is 12.2. The van der Waals surface area contributed by atoms with Crippen molar-refractivity contribution in [3.05, 3.63) is 12.2 Å². The van der Waals surface area contributed by atoms with E-state index in [1.165, 1.54) is 0 Å². The molecule has 0 aliphatic carbocycles. The number of likely N-dealkylation sites (N-methyl/N-ethyl adjacent to an activating group) is 1. The van der Waals surface area contributed by atoms with E-state index in [1.54, 1.807) is 0 Å². The molecule has 0 aromatic rings. The normalized spacial score (nSPS) is 11.1. The van der Waals surface area contributed by atoms with Crippen LogP contribution in [-0.4, -0.2) is 59.6 Å². The van der Waals surface area contributed by atoms with Crippen molar-refractivity contribution in [3.8, 4) is 0 Å². The molecule has 1 amide bonds. The molecule has 0 saturated heterocycles. The average Bonchev–Trinajstić information content (AvgIpc) is 2.30. The van der Waals surface area contributed by atoms with Gasteiger partial charge in [-0.15, -0.1) is 0 Å². The van der Waals surface area contributed by atoms with E-state index in [9.17, 15) is 4.79 Å². The number of hydrogen-bond acceptors (Lipinski definition) is 3. The molecule has 0 aliphatic heterocycles. The highest BCUT2D eigenvalue weighted by Gasteiger charge is 2.17. The standard InChI is InChI=1S/C14H28N2O2/c1-6-15(10-12(2)3)14(18)11-16(13(4)5)8-7-9-17/h13,17H,2,6-11H2,1,3-5H3. The second-order valence-corrected chi connectivity index (χ2v) is 5.01. The molecule has 0 fully saturated rings. The van der Waals surface area contributed by atoms with Crippen molar-refractivity contribution in [1.29, 1.82) is 0 Å². The third-order valence-electron chi connectivity index (χ3n) is 2.87. The van der Waals surface area contributed by atoms with E-state index in [-0.39, 0.29) is 12.5 Å². The van der Waals surface area contributed by atoms with Crippen molar-refractivity contribution >= 4 is 5.91 Å².